The number of ether oxygens (including phenoxy) is 2. The van der Waals surface area contributed by atoms with Gasteiger partial charge in [0, 0.05) is 25.0 Å². The van der Waals surface area contributed by atoms with Gasteiger partial charge in [-0.05, 0) is 78.5 Å². The maximum absolute atomic E-state index is 13.4. The third-order valence-corrected chi connectivity index (χ3v) is 7.57. The number of methoxy groups -OCH3 is 1. The van der Waals surface area contributed by atoms with Crippen molar-refractivity contribution >= 4 is 38.4 Å². The minimum absolute atomic E-state index is 0. The standard InChI is InChI=1S/C27H26FN4O4S.K/c1-35-21-9-6-19(16-18-12-14-36-15-13-18)25(17-21)31-26-27(30-24-5-3-2-4-23(24)29-26)32-37(33,34)22-10-7-20(28)8-11-22;/h2-11,17-18H,12-16H2,1H3,(H-,29,30,31,32);/q-1;+1. The molecule has 1 aliphatic rings. The van der Waals surface area contributed by atoms with Gasteiger partial charge in [-0.2, -0.15) is 0 Å². The summed E-state index contributed by atoms with van der Waals surface area (Å²) in [5.41, 5.74) is 2.84. The van der Waals surface area contributed by atoms with E-state index in [1.54, 1.807) is 25.3 Å². The second-order valence-electron chi connectivity index (χ2n) is 8.81. The molecule has 1 N–H and O–H groups in total. The summed E-state index contributed by atoms with van der Waals surface area (Å²) in [5, 5.41) is 3.28. The molecule has 5 rings (SSSR count). The first-order valence-corrected chi connectivity index (χ1v) is 13.4. The fraction of sp³-hybridized carbons (Fsp3) is 0.259. The molecule has 38 heavy (non-hydrogen) atoms. The van der Waals surface area contributed by atoms with E-state index in [-0.39, 0.29) is 67.9 Å². The molecule has 2 heterocycles. The third kappa shape index (κ3) is 6.89. The van der Waals surface area contributed by atoms with Gasteiger partial charge in [-0.1, -0.05) is 24.3 Å². The molecule has 0 bridgehead atoms. The molecule has 0 spiro atoms. The Hall–Kier alpha value is -2.12. The minimum atomic E-state index is -4.18. The number of hydrogen-bond acceptors (Lipinski definition) is 7. The Morgan fingerprint density at radius 3 is 2.39 bits per heavy atom. The van der Waals surface area contributed by atoms with Crippen LogP contribution in [0.5, 0.6) is 5.75 Å². The molecule has 0 amide bonds. The molecule has 0 aliphatic carbocycles. The van der Waals surface area contributed by atoms with E-state index >= 15 is 0 Å². The SMILES string of the molecule is COc1ccc(CC2CCOCC2)c(Nc2nc3ccccc3nc2[N-]S(=O)(=O)c2ccc(F)cc2)c1.[K+]. The molecule has 1 fully saturated rings. The van der Waals surface area contributed by atoms with Gasteiger partial charge in [-0.3, -0.25) is 0 Å². The van der Waals surface area contributed by atoms with E-state index in [9.17, 15) is 12.8 Å². The Morgan fingerprint density at radius 2 is 1.71 bits per heavy atom. The maximum Gasteiger partial charge on any atom is 1.00 e. The molecule has 3 aromatic carbocycles. The molecule has 1 aliphatic heterocycles. The number of halogens is 1. The van der Waals surface area contributed by atoms with E-state index in [1.807, 2.05) is 24.3 Å². The van der Waals surface area contributed by atoms with E-state index < -0.39 is 15.8 Å². The number of sulfonamides is 1. The van der Waals surface area contributed by atoms with Gasteiger partial charge in [0.1, 0.15) is 17.4 Å². The largest absolute Gasteiger partial charge is 1.00 e. The van der Waals surface area contributed by atoms with Crippen molar-refractivity contribution in [1.29, 1.82) is 0 Å². The van der Waals surface area contributed by atoms with Crippen LogP contribution in [0.2, 0.25) is 0 Å². The van der Waals surface area contributed by atoms with E-state index in [0.29, 0.717) is 22.7 Å². The number of hydrogen-bond donors (Lipinski definition) is 1. The van der Waals surface area contributed by atoms with E-state index in [1.165, 1.54) is 12.1 Å². The zero-order chi connectivity index (χ0) is 25.8. The average molecular weight is 561 g/mol. The number of benzene rings is 3. The maximum atomic E-state index is 13.4. The predicted molar refractivity (Wildman–Crippen MR) is 140 cm³/mol. The second kappa shape index (κ2) is 12.8. The normalized spacial score (nSPS) is 14.1. The van der Waals surface area contributed by atoms with E-state index in [2.05, 4.69) is 20.0 Å². The smallest absolute Gasteiger partial charge is 0.497 e. The number of fused-ring (bicyclic) bond motifs is 1. The van der Waals surface area contributed by atoms with Crippen LogP contribution < -0.4 is 61.4 Å². The molecule has 4 aromatic rings. The first-order chi connectivity index (χ1) is 17.9. The van der Waals surface area contributed by atoms with Crippen LogP contribution in [0.3, 0.4) is 0 Å². The predicted octanol–water partition coefficient (Wildman–Crippen LogP) is 2.89. The molecule has 1 aromatic heterocycles. The van der Waals surface area contributed by atoms with Crippen LogP contribution in [-0.2, 0) is 21.2 Å². The number of nitrogens with zero attached hydrogens (tertiary/aromatic N) is 3. The van der Waals surface area contributed by atoms with Gasteiger partial charge in [-0.25, -0.2) is 17.8 Å². The molecule has 0 unspecified atom stereocenters. The first-order valence-electron chi connectivity index (χ1n) is 11.9. The molecule has 192 valence electrons. The third-order valence-electron chi connectivity index (χ3n) is 6.29. The van der Waals surface area contributed by atoms with Gasteiger partial charge < -0.3 is 24.5 Å². The van der Waals surface area contributed by atoms with Crippen molar-refractivity contribution in [1.82, 2.24) is 9.97 Å². The number of aromatic nitrogens is 2. The molecule has 0 atom stereocenters. The Balaban J connectivity index is 0.00000336. The van der Waals surface area contributed by atoms with Gasteiger partial charge in [0.2, 0.25) is 10.0 Å². The van der Waals surface area contributed by atoms with Crippen molar-refractivity contribution in [3.05, 3.63) is 82.8 Å². The molecular formula is C27H26FKN4O4S. The quantitative estimate of drug-likeness (QED) is 0.331. The summed E-state index contributed by atoms with van der Waals surface area (Å²) >= 11 is 0. The van der Waals surface area contributed by atoms with Crippen molar-refractivity contribution < 1.29 is 73.7 Å². The minimum Gasteiger partial charge on any atom is -0.497 e. The Bertz CT molecular complexity index is 1510. The van der Waals surface area contributed by atoms with Gasteiger partial charge in [0.05, 0.1) is 17.5 Å². The van der Waals surface area contributed by atoms with E-state index in [4.69, 9.17) is 9.47 Å². The average Bonchev–Trinajstić information content (AvgIpc) is 2.90. The Kier molecular flexibility index (Phi) is 9.74. The van der Waals surface area contributed by atoms with Gasteiger partial charge in [0.25, 0.3) is 0 Å². The summed E-state index contributed by atoms with van der Waals surface area (Å²) in [4.78, 5) is 9.01. The molecular weight excluding hydrogens is 534 g/mol. The van der Waals surface area contributed by atoms with Crippen molar-refractivity contribution in [2.75, 3.05) is 25.6 Å². The molecule has 11 heteroatoms. The summed E-state index contributed by atoms with van der Waals surface area (Å²) in [6.07, 6.45) is 2.76. The molecule has 8 nitrogen and oxygen atoms in total. The van der Waals surface area contributed by atoms with Gasteiger partial charge in [0.15, 0.2) is 0 Å². The fourth-order valence-electron chi connectivity index (χ4n) is 4.28. The topological polar surface area (TPSA) is 105 Å². The van der Waals surface area contributed by atoms with Crippen LogP contribution in [0, 0.1) is 11.7 Å². The van der Waals surface area contributed by atoms with Gasteiger partial charge in [-0.15, -0.1) is 0 Å². The van der Waals surface area contributed by atoms with Crippen LogP contribution in [-0.4, -0.2) is 38.7 Å². The number of anilines is 2. The molecule has 1 saturated heterocycles. The van der Waals surface area contributed by atoms with Crippen molar-refractivity contribution in [2.24, 2.45) is 5.92 Å². The summed E-state index contributed by atoms with van der Waals surface area (Å²) in [6.45, 7) is 1.48. The van der Waals surface area contributed by atoms with Crippen LogP contribution in [0.25, 0.3) is 15.8 Å². The zero-order valence-electron chi connectivity index (χ0n) is 21.2. The van der Waals surface area contributed by atoms with Crippen molar-refractivity contribution in [3.8, 4) is 5.75 Å². The monoisotopic (exact) mass is 560 g/mol. The first kappa shape index (κ1) is 28.9. The molecule has 0 saturated carbocycles. The Morgan fingerprint density at radius 1 is 1.03 bits per heavy atom. The summed E-state index contributed by atoms with van der Waals surface area (Å²) < 4.78 is 54.4. The van der Waals surface area contributed by atoms with E-state index in [0.717, 1.165) is 55.9 Å². The van der Waals surface area contributed by atoms with Crippen molar-refractivity contribution in [3.63, 3.8) is 0 Å². The number of para-hydroxylation sites is 2. The Labute approximate surface area is 263 Å². The van der Waals surface area contributed by atoms with Crippen LogP contribution in [0.4, 0.5) is 21.7 Å². The van der Waals surface area contributed by atoms with Crippen LogP contribution in [0.1, 0.15) is 18.4 Å². The summed E-state index contributed by atoms with van der Waals surface area (Å²) in [5.74, 6) is 0.661. The summed E-state index contributed by atoms with van der Waals surface area (Å²) in [7, 11) is -2.60. The van der Waals surface area contributed by atoms with Gasteiger partial charge >= 0.3 is 51.4 Å². The number of nitrogens with one attached hydrogen (secondary N) is 1. The number of rotatable bonds is 8. The fourth-order valence-corrected chi connectivity index (χ4v) is 5.22. The van der Waals surface area contributed by atoms with Crippen molar-refractivity contribution in [2.45, 2.75) is 24.2 Å². The molecule has 0 radical (unpaired) electrons. The summed E-state index contributed by atoms with van der Waals surface area (Å²) in [6, 6.07) is 17.4. The van der Waals surface area contributed by atoms with Crippen LogP contribution >= 0.6 is 0 Å². The second-order valence-corrected chi connectivity index (χ2v) is 10.4. The zero-order valence-corrected chi connectivity index (χ0v) is 25.2. The van der Waals surface area contributed by atoms with Crippen LogP contribution in [0.15, 0.2) is 71.6 Å².